The van der Waals surface area contributed by atoms with Crippen molar-refractivity contribution >= 4 is 34.6 Å². The molecule has 0 saturated carbocycles. The highest BCUT2D eigenvalue weighted by Crippen LogP contribution is 2.31. The first kappa shape index (κ1) is 16.3. The Hall–Kier alpha value is -2.53. The van der Waals surface area contributed by atoms with Crippen LogP contribution in [0.5, 0.6) is 5.75 Å². The van der Waals surface area contributed by atoms with Crippen molar-refractivity contribution in [1.82, 2.24) is 5.32 Å². The van der Waals surface area contributed by atoms with Gasteiger partial charge in [-0.25, -0.2) is 4.99 Å². The van der Waals surface area contributed by atoms with Crippen molar-refractivity contribution in [2.45, 2.75) is 19.8 Å². The lowest BCUT2D eigenvalue weighted by atomic mass is 10.0. The smallest absolute Gasteiger partial charge is 0.264 e. The van der Waals surface area contributed by atoms with Crippen molar-refractivity contribution in [3.05, 3.63) is 64.6 Å². The van der Waals surface area contributed by atoms with Crippen LogP contribution < -0.4 is 5.32 Å². The lowest BCUT2D eigenvalue weighted by Crippen LogP contribution is -2.19. The second kappa shape index (κ2) is 6.93. The first-order chi connectivity index (χ1) is 11.5. The zero-order valence-corrected chi connectivity index (χ0v) is 14.3. The van der Waals surface area contributed by atoms with Gasteiger partial charge in [-0.05, 0) is 47.0 Å². The van der Waals surface area contributed by atoms with Gasteiger partial charge in [0.05, 0.1) is 4.91 Å². The zero-order chi connectivity index (χ0) is 17.1. The summed E-state index contributed by atoms with van der Waals surface area (Å²) in [6, 6.07) is 14.9. The molecule has 0 spiro atoms. The molecule has 1 saturated heterocycles. The molecule has 1 aliphatic rings. The van der Waals surface area contributed by atoms with Gasteiger partial charge >= 0.3 is 0 Å². The Labute approximate surface area is 145 Å². The first-order valence-corrected chi connectivity index (χ1v) is 8.52. The molecule has 2 aromatic carbocycles. The summed E-state index contributed by atoms with van der Waals surface area (Å²) in [5.41, 5.74) is 2.67. The fourth-order valence-corrected chi connectivity index (χ4v) is 3.11. The number of carbonyl (C=O) groups excluding carboxylic acids is 1. The van der Waals surface area contributed by atoms with Crippen molar-refractivity contribution in [1.29, 1.82) is 0 Å². The maximum Gasteiger partial charge on any atom is 0.264 e. The summed E-state index contributed by atoms with van der Waals surface area (Å²) in [6.45, 7) is 4.30. The van der Waals surface area contributed by atoms with Crippen LogP contribution in [-0.2, 0) is 4.79 Å². The second-order valence-corrected chi connectivity index (χ2v) is 6.82. The van der Waals surface area contributed by atoms with Crippen LogP contribution in [0.2, 0.25) is 0 Å². The minimum atomic E-state index is -0.179. The van der Waals surface area contributed by atoms with Gasteiger partial charge in [0.25, 0.3) is 5.91 Å². The maximum atomic E-state index is 12.1. The van der Waals surface area contributed by atoms with Crippen LogP contribution in [0.15, 0.2) is 58.4 Å². The van der Waals surface area contributed by atoms with Gasteiger partial charge in [0, 0.05) is 0 Å². The number of amides is 1. The average molecular weight is 338 g/mol. The lowest BCUT2D eigenvalue weighted by Gasteiger charge is -2.04. The first-order valence-electron chi connectivity index (χ1n) is 7.70. The maximum absolute atomic E-state index is 12.1. The van der Waals surface area contributed by atoms with E-state index in [0.717, 1.165) is 5.56 Å². The number of hydrogen-bond donors (Lipinski definition) is 2. The molecule has 0 unspecified atom stereocenters. The predicted octanol–water partition coefficient (Wildman–Crippen LogP) is 4.41. The number of phenols is 1. The number of para-hydroxylation sites is 2. The number of hydrogen-bond acceptors (Lipinski definition) is 4. The van der Waals surface area contributed by atoms with E-state index in [2.05, 4.69) is 36.3 Å². The van der Waals surface area contributed by atoms with E-state index >= 15 is 0 Å². The van der Waals surface area contributed by atoms with Crippen molar-refractivity contribution in [2.24, 2.45) is 4.99 Å². The number of rotatable bonds is 3. The van der Waals surface area contributed by atoms with Crippen molar-refractivity contribution in [2.75, 3.05) is 0 Å². The molecular formula is C19H18N2O2S. The van der Waals surface area contributed by atoms with Crippen molar-refractivity contribution in [3.63, 3.8) is 0 Å². The molecule has 0 aromatic heterocycles. The van der Waals surface area contributed by atoms with Crippen LogP contribution >= 0.6 is 11.8 Å². The van der Waals surface area contributed by atoms with E-state index in [1.165, 1.54) is 17.3 Å². The molecule has 122 valence electrons. The molecular weight excluding hydrogens is 320 g/mol. The summed E-state index contributed by atoms with van der Waals surface area (Å²) in [6.07, 6.45) is 1.84. The Morgan fingerprint density at radius 3 is 2.50 bits per heavy atom. The van der Waals surface area contributed by atoms with Gasteiger partial charge in [0.15, 0.2) is 5.17 Å². The van der Waals surface area contributed by atoms with E-state index in [-0.39, 0.29) is 11.7 Å². The van der Waals surface area contributed by atoms with E-state index < -0.39 is 0 Å². The Balaban J connectivity index is 1.81. The van der Waals surface area contributed by atoms with Crippen LogP contribution in [0, 0.1) is 0 Å². The van der Waals surface area contributed by atoms with Gasteiger partial charge < -0.3 is 10.4 Å². The molecule has 2 aromatic rings. The monoisotopic (exact) mass is 338 g/mol. The molecule has 0 radical (unpaired) electrons. The van der Waals surface area contributed by atoms with Crippen LogP contribution in [-0.4, -0.2) is 16.2 Å². The van der Waals surface area contributed by atoms with E-state index in [0.29, 0.717) is 21.7 Å². The zero-order valence-electron chi connectivity index (χ0n) is 13.5. The van der Waals surface area contributed by atoms with E-state index in [9.17, 15) is 9.90 Å². The minimum absolute atomic E-state index is 0.0848. The molecule has 5 heteroatoms. The number of nitrogens with one attached hydrogen (secondary N) is 1. The fraction of sp³-hybridized carbons (Fsp3) is 0.158. The Morgan fingerprint density at radius 1 is 1.12 bits per heavy atom. The van der Waals surface area contributed by atoms with E-state index in [4.69, 9.17) is 0 Å². The number of aromatic hydroxyl groups is 1. The molecule has 0 atom stereocenters. The van der Waals surface area contributed by atoms with Crippen LogP contribution in [0.25, 0.3) is 6.08 Å². The molecule has 1 heterocycles. The SMILES string of the molecule is CC(C)c1ccc(/C=C2\SC(=Nc3ccccc3O)NC2=O)cc1. The summed E-state index contributed by atoms with van der Waals surface area (Å²) in [4.78, 5) is 17.0. The molecule has 2 N–H and O–H groups in total. The number of amidine groups is 1. The van der Waals surface area contributed by atoms with Crippen LogP contribution in [0.1, 0.15) is 30.9 Å². The highest BCUT2D eigenvalue weighted by Gasteiger charge is 2.24. The summed E-state index contributed by atoms with van der Waals surface area (Å²) >= 11 is 1.27. The van der Waals surface area contributed by atoms with Crippen molar-refractivity contribution < 1.29 is 9.90 Å². The summed E-state index contributed by atoms with van der Waals surface area (Å²) in [5, 5.41) is 13.0. The van der Waals surface area contributed by atoms with E-state index in [1.54, 1.807) is 24.3 Å². The van der Waals surface area contributed by atoms with Gasteiger partial charge in [-0.1, -0.05) is 50.2 Å². The molecule has 1 amide bonds. The molecule has 1 aliphatic heterocycles. The Kier molecular flexibility index (Phi) is 4.71. The van der Waals surface area contributed by atoms with Gasteiger partial charge in [-0.3, -0.25) is 4.79 Å². The van der Waals surface area contributed by atoms with Crippen LogP contribution in [0.4, 0.5) is 5.69 Å². The van der Waals surface area contributed by atoms with Gasteiger partial charge in [-0.15, -0.1) is 0 Å². The summed E-state index contributed by atoms with van der Waals surface area (Å²) < 4.78 is 0. The molecule has 24 heavy (non-hydrogen) atoms. The normalized spacial score (nSPS) is 17.7. The number of phenolic OH excluding ortho intramolecular Hbond substituents is 1. The quantitative estimate of drug-likeness (QED) is 0.815. The highest BCUT2D eigenvalue weighted by atomic mass is 32.2. The van der Waals surface area contributed by atoms with Crippen molar-refractivity contribution in [3.8, 4) is 5.75 Å². The third kappa shape index (κ3) is 3.68. The number of benzene rings is 2. The summed E-state index contributed by atoms with van der Waals surface area (Å²) in [7, 11) is 0. The minimum Gasteiger partial charge on any atom is -0.506 e. The molecule has 4 nitrogen and oxygen atoms in total. The molecule has 1 fully saturated rings. The number of thioether (sulfide) groups is 1. The number of aliphatic imine (C=N–C) groups is 1. The van der Waals surface area contributed by atoms with Gasteiger partial charge in [-0.2, -0.15) is 0 Å². The second-order valence-electron chi connectivity index (χ2n) is 5.79. The Morgan fingerprint density at radius 2 is 1.83 bits per heavy atom. The van der Waals surface area contributed by atoms with Gasteiger partial charge in [0.2, 0.25) is 0 Å². The average Bonchev–Trinajstić information content (AvgIpc) is 2.90. The Bertz CT molecular complexity index is 824. The van der Waals surface area contributed by atoms with Gasteiger partial charge in [0.1, 0.15) is 11.4 Å². The molecule has 0 bridgehead atoms. The largest absolute Gasteiger partial charge is 0.506 e. The highest BCUT2D eigenvalue weighted by molar-refractivity contribution is 8.18. The third-order valence-corrected chi connectivity index (χ3v) is 4.57. The fourth-order valence-electron chi connectivity index (χ4n) is 2.28. The number of nitrogens with zero attached hydrogens (tertiary/aromatic N) is 1. The van der Waals surface area contributed by atoms with E-state index in [1.807, 2.05) is 18.2 Å². The molecule has 3 rings (SSSR count). The standard InChI is InChI=1S/C19H18N2O2S/c1-12(2)14-9-7-13(8-10-14)11-17-18(23)21-19(24-17)20-15-5-3-4-6-16(15)22/h3-12,22H,1-2H3,(H,20,21,23)/b17-11-. The van der Waals surface area contributed by atoms with Crippen LogP contribution in [0.3, 0.4) is 0 Å². The number of carbonyl (C=O) groups is 1. The predicted molar refractivity (Wildman–Crippen MR) is 99.4 cm³/mol. The summed E-state index contributed by atoms with van der Waals surface area (Å²) in [5.74, 6) is 0.386. The topological polar surface area (TPSA) is 61.7 Å². The molecule has 0 aliphatic carbocycles. The lowest BCUT2D eigenvalue weighted by molar-refractivity contribution is -0.115. The third-order valence-electron chi connectivity index (χ3n) is 3.66.